The summed E-state index contributed by atoms with van der Waals surface area (Å²) in [6, 6.07) is 15.9. The maximum Gasteiger partial charge on any atom is 0.212 e. The highest BCUT2D eigenvalue weighted by atomic mass is 16.6. The van der Waals surface area contributed by atoms with Gasteiger partial charge in [-0.05, 0) is 29.3 Å². The molecule has 0 unspecified atom stereocenters. The Morgan fingerprint density at radius 1 is 1.32 bits per heavy atom. The van der Waals surface area contributed by atoms with Crippen LogP contribution < -0.4 is 4.74 Å². The molecular formula is C19H16N2O4. The van der Waals surface area contributed by atoms with Gasteiger partial charge in [-0.15, -0.1) is 0 Å². The number of ketones is 1. The first-order chi connectivity index (χ1) is 12.0. The molecule has 0 bridgehead atoms. The van der Waals surface area contributed by atoms with E-state index < -0.39 is 22.8 Å². The van der Waals surface area contributed by atoms with Crippen LogP contribution >= 0.6 is 0 Å². The number of carbonyl (C=O) groups excluding carboxylic acids is 1. The number of methoxy groups -OCH3 is 1. The number of nitrogens with zero attached hydrogens (tertiary/aromatic N) is 2. The summed E-state index contributed by atoms with van der Waals surface area (Å²) in [4.78, 5) is 23.8. The van der Waals surface area contributed by atoms with Crippen LogP contribution in [0.4, 0.5) is 0 Å². The lowest BCUT2D eigenvalue weighted by molar-refractivity contribution is -0.485. The second kappa shape index (κ2) is 6.36. The average molecular weight is 336 g/mol. The Labute approximate surface area is 144 Å². The van der Waals surface area contributed by atoms with Crippen LogP contribution in [0.3, 0.4) is 0 Å². The van der Waals surface area contributed by atoms with Gasteiger partial charge in [0.1, 0.15) is 11.2 Å². The van der Waals surface area contributed by atoms with Crippen LogP contribution in [0.5, 0.6) is 5.75 Å². The summed E-state index contributed by atoms with van der Waals surface area (Å²) in [6.45, 7) is -0.478. The van der Waals surface area contributed by atoms with Crippen molar-refractivity contribution in [2.24, 2.45) is 5.41 Å². The summed E-state index contributed by atoms with van der Waals surface area (Å²) >= 11 is 0. The Hall–Kier alpha value is -3.20. The number of hydrogen-bond acceptors (Lipinski definition) is 5. The molecule has 0 saturated heterocycles. The third kappa shape index (κ3) is 2.74. The van der Waals surface area contributed by atoms with Crippen molar-refractivity contribution in [2.75, 3.05) is 13.7 Å². The van der Waals surface area contributed by atoms with Crippen molar-refractivity contribution < 1.29 is 14.5 Å². The van der Waals surface area contributed by atoms with E-state index >= 15 is 0 Å². The fraction of sp³-hybridized carbons (Fsp3) is 0.263. The fourth-order valence-corrected chi connectivity index (χ4v) is 3.52. The van der Waals surface area contributed by atoms with E-state index in [-0.39, 0.29) is 12.2 Å². The van der Waals surface area contributed by atoms with E-state index in [2.05, 4.69) is 6.07 Å². The molecule has 6 heteroatoms. The summed E-state index contributed by atoms with van der Waals surface area (Å²) in [6.07, 6.45) is 0.141. The Morgan fingerprint density at radius 2 is 2.04 bits per heavy atom. The minimum absolute atomic E-state index is 0.141. The predicted molar refractivity (Wildman–Crippen MR) is 90.1 cm³/mol. The molecule has 0 heterocycles. The summed E-state index contributed by atoms with van der Waals surface area (Å²) in [7, 11) is 1.52. The Kier molecular flexibility index (Phi) is 4.24. The molecule has 25 heavy (non-hydrogen) atoms. The zero-order valence-corrected chi connectivity index (χ0v) is 13.6. The molecule has 0 radical (unpaired) electrons. The zero-order valence-electron chi connectivity index (χ0n) is 13.6. The molecule has 3 rings (SSSR count). The lowest BCUT2D eigenvalue weighted by atomic mass is 9.70. The van der Waals surface area contributed by atoms with Crippen molar-refractivity contribution >= 4 is 5.78 Å². The number of Topliss-reactive ketones (excluding diaryl/α,β-unsaturated/α-hetero) is 1. The van der Waals surface area contributed by atoms with Gasteiger partial charge in [0.25, 0.3) is 0 Å². The van der Waals surface area contributed by atoms with E-state index in [1.165, 1.54) is 7.11 Å². The SMILES string of the molecule is COc1ccc2c(c1)C[C@](C#N)([C@@H](C[N+](=O)[O-])c1ccccc1)C2=O. The number of carbonyl (C=O) groups is 1. The number of nitriles is 1. The van der Waals surface area contributed by atoms with Crippen LogP contribution in [0.2, 0.25) is 0 Å². The lowest BCUT2D eigenvalue weighted by Crippen LogP contribution is -2.37. The van der Waals surface area contributed by atoms with Gasteiger partial charge in [0.15, 0.2) is 5.78 Å². The molecule has 0 amide bonds. The number of benzene rings is 2. The third-order valence-corrected chi connectivity index (χ3v) is 4.76. The molecule has 2 atom stereocenters. The van der Waals surface area contributed by atoms with Gasteiger partial charge in [-0.25, -0.2) is 0 Å². The standard InChI is InChI=1S/C19H16N2O4/c1-25-15-7-8-16-14(9-15)10-19(12-20,18(16)22)17(11-21(23)24)13-5-3-2-4-6-13/h2-9,17H,10-11H2,1H3/t17-,19-/m0/s1. The topological polar surface area (TPSA) is 93.2 Å². The predicted octanol–water partition coefficient (Wildman–Crippen LogP) is 3.00. The molecule has 1 aliphatic carbocycles. The first-order valence-electron chi connectivity index (χ1n) is 7.81. The number of ether oxygens (including phenoxy) is 1. The van der Waals surface area contributed by atoms with Crippen LogP contribution in [0.25, 0.3) is 0 Å². The van der Waals surface area contributed by atoms with Crippen LogP contribution in [0, 0.1) is 26.9 Å². The van der Waals surface area contributed by atoms with E-state index in [1.807, 2.05) is 0 Å². The van der Waals surface area contributed by atoms with Gasteiger partial charge in [-0.2, -0.15) is 5.26 Å². The Morgan fingerprint density at radius 3 is 2.64 bits per heavy atom. The third-order valence-electron chi connectivity index (χ3n) is 4.76. The zero-order chi connectivity index (χ0) is 18.0. The minimum Gasteiger partial charge on any atom is -0.497 e. The van der Waals surface area contributed by atoms with E-state index in [0.717, 1.165) is 0 Å². The first kappa shape index (κ1) is 16.7. The molecule has 6 nitrogen and oxygen atoms in total. The summed E-state index contributed by atoms with van der Waals surface area (Å²) in [5.74, 6) is -0.589. The van der Waals surface area contributed by atoms with Gasteiger partial charge in [-0.1, -0.05) is 30.3 Å². The van der Waals surface area contributed by atoms with Crippen molar-refractivity contribution in [3.8, 4) is 11.8 Å². The van der Waals surface area contributed by atoms with E-state index in [1.54, 1.807) is 48.5 Å². The average Bonchev–Trinajstić information content (AvgIpc) is 2.92. The van der Waals surface area contributed by atoms with Crippen LogP contribution in [0.1, 0.15) is 27.4 Å². The number of hydrogen-bond donors (Lipinski definition) is 0. The highest BCUT2D eigenvalue weighted by Gasteiger charge is 2.54. The van der Waals surface area contributed by atoms with Crippen molar-refractivity contribution in [1.82, 2.24) is 0 Å². The normalized spacial score (nSPS) is 19.8. The van der Waals surface area contributed by atoms with Gasteiger partial charge in [0.2, 0.25) is 6.54 Å². The van der Waals surface area contributed by atoms with Crippen molar-refractivity contribution in [2.45, 2.75) is 12.3 Å². The number of nitro groups is 1. The number of rotatable bonds is 5. The van der Waals surface area contributed by atoms with Gasteiger partial charge in [-0.3, -0.25) is 14.9 Å². The molecule has 1 aliphatic rings. The van der Waals surface area contributed by atoms with Crippen molar-refractivity contribution in [3.63, 3.8) is 0 Å². The summed E-state index contributed by atoms with van der Waals surface area (Å²) < 4.78 is 5.18. The highest BCUT2D eigenvalue weighted by Crippen LogP contribution is 2.47. The molecule has 0 saturated carbocycles. The molecule has 0 N–H and O–H groups in total. The van der Waals surface area contributed by atoms with Crippen molar-refractivity contribution in [3.05, 3.63) is 75.3 Å². The molecule has 2 aromatic rings. The highest BCUT2D eigenvalue weighted by molar-refractivity contribution is 6.07. The molecule has 126 valence electrons. The second-order valence-corrected chi connectivity index (χ2v) is 6.09. The maximum absolute atomic E-state index is 13.1. The molecule has 0 aromatic heterocycles. The van der Waals surface area contributed by atoms with Crippen LogP contribution in [-0.4, -0.2) is 24.4 Å². The molecular weight excluding hydrogens is 320 g/mol. The van der Waals surface area contributed by atoms with Gasteiger partial charge >= 0.3 is 0 Å². The summed E-state index contributed by atoms with van der Waals surface area (Å²) in [5, 5.41) is 21.1. The van der Waals surface area contributed by atoms with E-state index in [0.29, 0.717) is 22.4 Å². The van der Waals surface area contributed by atoms with E-state index in [9.17, 15) is 20.2 Å². The Bertz CT molecular complexity index is 873. The summed E-state index contributed by atoms with van der Waals surface area (Å²) in [5.41, 5.74) is 0.263. The molecule has 0 aliphatic heterocycles. The maximum atomic E-state index is 13.1. The smallest absolute Gasteiger partial charge is 0.212 e. The first-order valence-corrected chi connectivity index (χ1v) is 7.81. The lowest BCUT2D eigenvalue weighted by Gasteiger charge is -2.27. The van der Waals surface area contributed by atoms with Crippen LogP contribution in [-0.2, 0) is 6.42 Å². The van der Waals surface area contributed by atoms with Crippen LogP contribution in [0.15, 0.2) is 48.5 Å². The molecule has 0 fully saturated rings. The van der Waals surface area contributed by atoms with E-state index in [4.69, 9.17) is 4.74 Å². The monoisotopic (exact) mass is 336 g/mol. The molecule has 0 spiro atoms. The number of fused-ring (bicyclic) bond motifs is 1. The van der Waals surface area contributed by atoms with Crippen molar-refractivity contribution in [1.29, 1.82) is 5.26 Å². The molecule has 2 aromatic carbocycles. The fourth-order valence-electron chi connectivity index (χ4n) is 3.52. The second-order valence-electron chi connectivity index (χ2n) is 6.09. The van der Waals surface area contributed by atoms with Gasteiger partial charge < -0.3 is 4.74 Å². The van der Waals surface area contributed by atoms with Gasteiger partial charge in [0, 0.05) is 16.9 Å². The van der Waals surface area contributed by atoms with Gasteiger partial charge in [0.05, 0.1) is 19.1 Å². The largest absolute Gasteiger partial charge is 0.497 e. The quantitative estimate of drug-likeness (QED) is 0.618. The minimum atomic E-state index is -1.48. The Balaban J connectivity index is 2.12.